The maximum Gasteiger partial charge on any atom is 0.248 e. The average molecular weight is 748 g/mol. The van der Waals surface area contributed by atoms with E-state index in [0.29, 0.717) is 11.8 Å². The molecule has 8 aromatic carbocycles. The van der Waals surface area contributed by atoms with Gasteiger partial charge in [0.1, 0.15) is 0 Å². The zero-order chi connectivity index (χ0) is 38.3. The van der Waals surface area contributed by atoms with E-state index in [2.05, 4.69) is 169 Å². The number of para-hydroxylation sites is 4. The fourth-order valence-electron chi connectivity index (χ4n) is 8.99. The topological polar surface area (TPSA) is 73.9 Å². The number of hydrogen-bond acceptors (Lipinski definition) is 4. The van der Waals surface area contributed by atoms with Crippen LogP contribution in [0.4, 0.5) is 0 Å². The molecule has 1 N–H and O–H groups in total. The molecule has 0 radical (unpaired) electrons. The van der Waals surface area contributed by atoms with Crippen molar-refractivity contribution in [2.75, 3.05) is 0 Å². The number of aromatic nitrogens is 5. The third-order valence-electron chi connectivity index (χ3n) is 11.5. The van der Waals surface area contributed by atoms with E-state index in [1.165, 1.54) is 43.6 Å². The predicted molar refractivity (Wildman–Crippen MR) is 234 cm³/mol. The molecule has 12 rings (SSSR count). The van der Waals surface area contributed by atoms with Gasteiger partial charge in [0.2, 0.25) is 11.8 Å². The molecule has 0 fully saturated rings. The number of hydrogen-bond donors (Lipinski definition) is 1. The Morgan fingerprint density at radius 1 is 0.362 bits per heavy atom. The van der Waals surface area contributed by atoms with Crippen molar-refractivity contribution in [3.63, 3.8) is 0 Å². The number of aliphatic hydroxyl groups excluding tert-OH is 1. The number of benzene rings is 8. The van der Waals surface area contributed by atoms with Crippen molar-refractivity contribution in [3.8, 4) is 40.0 Å². The molecule has 0 bridgehead atoms. The molecule has 4 aromatic heterocycles. The van der Waals surface area contributed by atoms with Gasteiger partial charge in [-0.2, -0.15) is 0 Å². The van der Waals surface area contributed by atoms with Gasteiger partial charge < -0.3 is 23.2 Å². The van der Waals surface area contributed by atoms with Gasteiger partial charge in [-0.1, -0.05) is 91.0 Å². The van der Waals surface area contributed by atoms with Crippen LogP contribution in [0.1, 0.15) is 5.56 Å². The molecule has 0 aliphatic rings. The molecule has 0 saturated heterocycles. The lowest BCUT2D eigenvalue weighted by Gasteiger charge is -2.11. The quantitative estimate of drug-likeness (QED) is 0.184. The van der Waals surface area contributed by atoms with Gasteiger partial charge in [-0.05, 0) is 96.6 Å². The monoisotopic (exact) mass is 747 g/mol. The van der Waals surface area contributed by atoms with E-state index in [-0.39, 0.29) is 6.61 Å². The summed E-state index contributed by atoms with van der Waals surface area (Å²) in [5, 5.41) is 25.7. The van der Waals surface area contributed by atoms with Crippen molar-refractivity contribution in [1.82, 2.24) is 23.9 Å². The first-order valence-electron chi connectivity index (χ1n) is 19.4. The largest absolute Gasteiger partial charge is 0.416 e. The molecule has 0 spiro atoms. The summed E-state index contributed by atoms with van der Waals surface area (Å²) in [6.07, 6.45) is 0. The Bertz CT molecular complexity index is 3310. The van der Waals surface area contributed by atoms with Crippen LogP contribution in [-0.4, -0.2) is 29.0 Å². The highest BCUT2D eigenvalue weighted by Gasteiger charge is 2.20. The molecule has 12 aromatic rings. The Kier molecular flexibility index (Phi) is 7.08. The van der Waals surface area contributed by atoms with E-state index in [1.54, 1.807) is 0 Å². The first kappa shape index (κ1) is 32.5. The van der Waals surface area contributed by atoms with Crippen molar-refractivity contribution in [3.05, 3.63) is 188 Å². The smallest absolute Gasteiger partial charge is 0.248 e. The molecular formula is C51H33N5O2. The van der Waals surface area contributed by atoms with Crippen molar-refractivity contribution in [2.45, 2.75) is 6.61 Å². The van der Waals surface area contributed by atoms with Crippen molar-refractivity contribution >= 4 is 65.4 Å². The molecule has 7 heteroatoms. The highest BCUT2D eigenvalue weighted by molar-refractivity contribution is 6.14. The molecule has 7 nitrogen and oxygen atoms in total. The van der Waals surface area contributed by atoms with Crippen LogP contribution < -0.4 is 0 Å². The predicted octanol–water partition coefficient (Wildman–Crippen LogP) is 12.2. The van der Waals surface area contributed by atoms with E-state index in [9.17, 15) is 5.11 Å². The summed E-state index contributed by atoms with van der Waals surface area (Å²) in [6.45, 7) is -0.0596. The minimum atomic E-state index is -0.0596. The number of aliphatic hydroxyl groups is 1. The minimum absolute atomic E-state index is 0.0596. The molecule has 4 heterocycles. The zero-order valence-corrected chi connectivity index (χ0v) is 31.1. The number of fused-ring (bicyclic) bond motifs is 9. The Morgan fingerprint density at radius 2 is 0.759 bits per heavy atom. The Hall–Kier alpha value is -7.74. The average Bonchev–Trinajstić information content (AvgIpc) is 4.07. The lowest BCUT2D eigenvalue weighted by atomic mass is 10.1. The summed E-state index contributed by atoms with van der Waals surface area (Å²) >= 11 is 0. The van der Waals surface area contributed by atoms with Crippen molar-refractivity contribution in [2.24, 2.45) is 0 Å². The first-order valence-corrected chi connectivity index (χ1v) is 19.4. The van der Waals surface area contributed by atoms with Crippen LogP contribution in [0.15, 0.2) is 186 Å². The summed E-state index contributed by atoms with van der Waals surface area (Å²) < 4.78 is 13.3. The highest BCUT2D eigenvalue weighted by Crippen LogP contribution is 2.40. The third-order valence-corrected chi connectivity index (χ3v) is 11.5. The maximum absolute atomic E-state index is 9.69. The fourth-order valence-corrected chi connectivity index (χ4v) is 8.99. The molecular weight excluding hydrogens is 715 g/mol. The van der Waals surface area contributed by atoms with E-state index in [0.717, 1.165) is 55.6 Å². The number of nitrogens with zero attached hydrogens (tertiary/aromatic N) is 5. The first-order chi connectivity index (χ1) is 28.7. The standard InChI is InChI=1S/C51H33N5O2/c57-31-32-11-9-12-33(27-32)50-52-53-51(58-50)34-13-10-14-35(28-34)54-48-25-23-36(55-44-19-5-1-15-38(44)39-16-2-6-20-45(39)55)29-42(48)43-30-37(24-26-49(43)54)56-46-21-7-3-17-40(46)41-18-4-8-22-47(41)56/h1-30,57H,31H2. The third kappa shape index (κ3) is 4.84. The number of rotatable bonds is 6. The van der Waals surface area contributed by atoms with Crippen LogP contribution >= 0.6 is 0 Å². The van der Waals surface area contributed by atoms with Gasteiger partial charge in [0.25, 0.3) is 0 Å². The summed E-state index contributed by atoms with van der Waals surface area (Å²) in [6, 6.07) is 64.1. The molecule has 0 atom stereocenters. The van der Waals surface area contributed by atoms with E-state index in [1.807, 2.05) is 36.4 Å². The molecule has 0 amide bonds. The SMILES string of the molecule is OCc1cccc(-c2nnc(-c3cccc(-n4c5ccc(-n6c7ccccc7c7ccccc76)cc5c5cc(-n6c7ccccc7c7ccccc76)ccc54)c3)o2)c1. The second kappa shape index (κ2) is 12.6. The van der Waals surface area contributed by atoms with E-state index >= 15 is 0 Å². The van der Waals surface area contributed by atoms with Crippen LogP contribution in [-0.2, 0) is 6.61 Å². The molecule has 58 heavy (non-hydrogen) atoms. The minimum Gasteiger partial charge on any atom is -0.416 e. The lowest BCUT2D eigenvalue weighted by molar-refractivity contribution is 0.282. The van der Waals surface area contributed by atoms with E-state index in [4.69, 9.17) is 4.42 Å². The van der Waals surface area contributed by atoms with Gasteiger partial charge >= 0.3 is 0 Å². The second-order valence-corrected chi connectivity index (χ2v) is 14.8. The molecule has 0 aliphatic heterocycles. The zero-order valence-electron chi connectivity index (χ0n) is 31.1. The molecule has 0 aliphatic carbocycles. The Labute approximate surface area is 331 Å². The lowest BCUT2D eigenvalue weighted by Crippen LogP contribution is -1.96. The summed E-state index contributed by atoms with van der Waals surface area (Å²) in [4.78, 5) is 0. The van der Waals surface area contributed by atoms with Gasteiger partial charge in [0.05, 0.1) is 39.7 Å². The van der Waals surface area contributed by atoms with E-state index < -0.39 is 0 Å². The van der Waals surface area contributed by atoms with Crippen LogP contribution in [0, 0.1) is 0 Å². The van der Waals surface area contributed by atoms with Gasteiger partial charge in [-0.3, -0.25) is 0 Å². The normalized spacial score (nSPS) is 11.9. The molecule has 0 saturated carbocycles. The van der Waals surface area contributed by atoms with Crippen LogP contribution in [0.2, 0.25) is 0 Å². The van der Waals surface area contributed by atoms with Crippen molar-refractivity contribution < 1.29 is 9.52 Å². The van der Waals surface area contributed by atoms with Gasteiger partial charge in [0, 0.05) is 60.5 Å². The highest BCUT2D eigenvalue weighted by atomic mass is 16.4. The Morgan fingerprint density at radius 3 is 1.22 bits per heavy atom. The fraction of sp³-hybridized carbons (Fsp3) is 0.0196. The maximum atomic E-state index is 9.69. The van der Waals surface area contributed by atoms with Gasteiger partial charge in [-0.15, -0.1) is 10.2 Å². The molecule has 0 unspecified atom stereocenters. The van der Waals surface area contributed by atoms with Crippen LogP contribution in [0.25, 0.3) is 105 Å². The van der Waals surface area contributed by atoms with Crippen LogP contribution in [0.3, 0.4) is 0 Å². The van der Waals surface area contributed by atoms with Crippen LogP contribution in [0.5, 0.6) is 0 Å². The summed E-state index contributed by atoms with van der Waals surface area (Å²) in [7, 11) is 0. The molecule has 274 valence electrons. The van der Waals surface area contributed by atoms with Gasteiger partial charge in [-0.25, -0.2) is 0 Å². The van der Waals surface area contributed by atoms with Gasteiger partial charge in [0.15, 0.2) is 0 Å². The summed E-state index contributed by atoms with van der Waals surface area (Å²) in [5.41, 5.74) is 12.4. The van der Waals surface area contributed by atoms with Crippen molar-refractivity contribution in [1.29, 1.82) is 0 Å². The Balaban J connectivity index is 1.09. The second-order valence-electron chi connectivity index (χ2n) is 14.8. The summed E-state index contributed by atoms with van der Waals surface area (Å²) in [5.74, 6) is 0.831.